The van der Waals surface area contributed by atoms with E-state index in [4.69, 9.17) is 10.00 Å². The lowest BCUT2D eigenvalue weighted by Gasteiger charge is -2.07. The van der Waals surface area contributed by atoms with Crippen LogP contribution in [-0.4, -0.2) is 18.4 Å². The smallest absolute Gasteiger partial charge is 0.276 e. The molecule has 0 bridgehead atoms. The molecule has 2 aromatic rings. The Kier molecular flexibility index (Phi) is 7.15. The van der Waals surface area contributed by atoms with Crippen molar-refractivity contribution in [2.45, 2.75) is 19.8 Å². The van der Waals surface area contributed by atoms with Crippen LogP contribution >= 0.6 is 0 Å². The number of hydrogen-bond donors (Lipinski definition) is 2. The number of nitrogens with zero attached hydrogens (tertiary/aromatic N) is 1. The second kappa shape index (κ2) is 9.78. The minimum Gasteiger partial charge on any atom is -0.484 e. The third-order valence-electron chi connectivity index (χ3n) is 3.71. The average molecular weight is 363 g/mol. The third kappa shape index (κ3) is 6.67. The van der Waals surface area contributed by atoms with E-state index in [0.717, 1.165) is 5.56 Å². The van der Waals surface area contributed by atoms with Crippen LogP contribution in [0.1, 0.15) is 36.5 Å². The van der Waals surface area contributed by atoms with Crippen LogP contribution in [0.15, 0.2) is 54.6 Å². The summed E-state index contributed by atoms with van der Waals surface area (Å²) in [5.74, 6) is -0.0367. The maximum atomic E-state index is 11.8. The fraction of sp³-hybridized carbons (Fsp3) is 0.190. The van der Waals surface area contributed by atoms with E-state index in [-0.39, 0.29) is 6.61 Å². The molecule has 2 amide bonds. The number of nitriles is 1. The lowest BCUT2D eigenvalue weighted by molar-refractivity contribution is -0.128. The van der Waals surface area contributed by atoms with Crippen LogP contribution in [0.2, 0.25) is 0 Å². The second-order valence-corrected chi connectivity index (χ2v) is 6.12. The highest BCUT2D eigenvalue weighted by molar-refractivity contribution is 5.93. The molecule has 0 heterocycles. The normalized spacial score (nSPS) is 10.4. The molecule has 2 aromatic carbocycles. The number of hydrazine groups is 1. The van der Waals surface area contributed by atoms with Crippen molar-refractivity contribution in [2.75, 3.05) is 6.61 Å². The summed E-state index contributed by atoms with van der Waals surface area (Å²) in [7, 11) is 0. The summed E-state index contributed by atoms with van der Waals surface area (Å²) < 4.78 is 5.27. The van der Waals surface area contributed by atoms with Crippen molar-refractivity contribution >= 4 is 17.9 Å². The molecule has 2 N–H and O–H groups in total. The van der Waals surface area contributed by atoms with E-state index in [2.05, 4.69) is 24.7 Å². The van der Waals surface area contributed by atoms with E-state index in [0.29, 0.717) is 17.2 Å². The zero-order chi connectivity index (χ0) is 19.6. The van der Waals surface area contributed by atoms with Crippen molar-refractivity contribution in [1.82, 2.24) is 10.9 Å². The molecule has 0 radical (unpaired) electrons. The highest BCUT2D eigenvalue weighted by Gasteiger charge is 2.04. The molecule has 0 aromatic heterocycles. The number of nitrogens with one attached hydrogen (secondary N) is 2. The minimum absolute atomic E-state index is 0.257. The molecule has 0 fully saturated rings. The van der Waals surface area contributed by atoms with Gasteiger partial charge in [0.1, 0.15) is 5.75 Å². The molecule has 0 unspecified atom stereocenters. The topological polar surface area (TPSA) is 91.2 Å². The molecule has 0 aliphatic carbocycles. The predicted molar refractivity (Wildman–Crippen MR) is 103 cm³/mol. The summed E-state index contributed by atoms with van der Waals surface area (Å²) in [5.41, 5.74) is 7.18. The summed E-state index contributed by atoms with van der Waals surface area (Å²) in [6, 6.07) is 16.3. The molecule has 0 saturated carbocycles. The Hall–Kier alpha value is -3.59. The van der Waals surface area contributed by atoms with Crippen molar-refractivity contribution in [3.8, 4) is 11.8 Å². The van der Waals surface area contributed by atoms with Crippen LogP contribution in [-0.2, 0) is 9.59 Å². The Morgan fingerprint density at radius 3 is 2.33 bits per heavy atom. The summed E-state index contributed by atoms with van der Waals surface area (Å²) in [6.45, 7) is 3.98. The standard InChI is InChI=1S/C21H21N3O3/c1-15(2)18-8-3-16(4-9-18)7-12-20(25)23-24-21(26)14-27-19-10-5-17(13-22)6-11-19/h3-12,15H,14H2,1-2H3,(H,23,25)(H,24,26)/b12-7+. The van der Waals surface area contributed by atoms with Gasteiger partial charge in [-0.2, -0.15) is 5.26 Å². The molecule has 0 aliphatic heterocycles. The maximum absolute atomic E-state index is 11.8. The quantitative estimate of drug-likeness (QED) is 0.610. The third-order valence-corrected chi connectivity index (χ3v) is 3.71. The fourth-order valence-electron chi connectivity index (χ4n) is 2.15. The number of hydrogen-bond acceptors (Lipinski definition) is 4. The summed E-state index contributed by atoms with van der Waals surface area (Å²) in [5, 5.41) is 8.72. The van der Waals surface area contributed by atoms with Crippen molar-refractivity contribution in [3.05, 3.63) is 71.3 Å². The highest BCUT2D eigenvalue weighted by Crippen LogP contribution is 2.15. The molecular weight excluding hydrogens is 342 g/mol. The van der Waals surface area contributed by atoms with Gasteiger partial charge in [0, 0.05) is 6.08 Å². The number of carbonyl (C=O) groups is 2. The highest BCUT2D eigenvalue weighted by atomic mass is 16.5. The number of ether oxygens (including phenoxy) is 1. The molecule has 2 rings (SSSR count). The van der Waals surface area contributed by atoms with Crippen LogP contribution in [0.3, 0.4) is 0 Å². The minimum atomic E-state index is -0.498. The van der Waals surface area contributed by atoms with E-state index >= 15 is 0 Å². The Labute approximate surface area is 158 Å². The van der Waals surface area contributed by atoms with Crippen molar-refractivity contribution in [1.29, 1.82) is 5.26 Å². The maximum Gasteiger partial charge on any atom is 0.276 e. The van der Waals surface area contributed by atoms with Gasteiger partial charge in [0.2, 0.25) is 0 Å². The van der Waals surface area contributed by atoms with Gasteiger partial charge >= 0.3 is 0 Å². The zero-order valence-electron chi connectivity index (χ0n) is 15.2. The van der Waals surface area contributed by atoms with Gasteiger partial charge in [0.05, 0.1) is 11.6 Å². The van der Waals surface area contributed by atoms with Gasteiger partial charge in [0.15, 0.2) is 6.61 Å². The number of benzene rings is 2. The van der Waals surface area contributed by atoms with Gasteiger partial charge in [-0.15, -0.1) is 0 Å². The molecule has 27 heavy (non-hydrogen) atoms. The molecule has 6 nitrogen and oxygen atoms in total. The van der Waals surface area contributed by atoms with Crippen LogP contribution in [0, 0.1) is 11.3 Å². The molecule has 6 heteroatoms. The molecular formula is C21H21N3O3. The Balaban J connectivity index is 1.73. The fourth-order valence-corrected chi connectivity index (χ4v) is 2.15. The second-order valence-electron chi connectivity index (χ2n) is 6.12. The van der Waals surface area contributed by atoms with Crippen LogP contribution in [0.25, 0.3) is 6.08 Å². The first kappa shape index (κ1) is 19.7. The van der Waals surface area contributed by atoms with Gasteiger partial charge in [-0.1, -0.05) is 38.1 Å². The van der Waals surface area contributed by atoms with Gasteiger partial charge in [-0.3, -0.25) is 20.4 Å². The van der Waals surface area contributed by atoms with Crippen molar-refractivity contribution < 1.29 is 14.3 Å². The SMILES string of the molecule is CC(C)c1ccc(/C=C/C(=O)NNC(=O)COc2ccc(C#N)cc2)cc1. The Bertz CT molecular complexity index is 848. The first-order valence-corrected chi connectivity index (χ1v) is 8.48. The first-order chi connectivity index (χ1) is 13.0. The van der Waals surface area contributed by atoms with Crippen LogP contribution in [0.4, 0.5) is 0 Å². The van der Waals surface area contributed by atoms with Gasteiger partial charge < -0.3 is 4.74 Å². The molecule has 0 spiro atoms. The van der Waals surface area contributed by atoms with Gasteiger partial charge in [0.25, 0.3) is 11.8 Å². The number of amides is 2. The molecule has 0 saturated heterocycles. The first-order valence-electron chi connectivity index (χ1n) is 8.48. The largest absolute Gasteiger partial charge is 0.484 e. The number of rotatable bonds is 6. The summed E-state index contributed by atoms with van der Waals surface area (Å²) in [4.78, 5) is 23.4. The molecule has 0 aliphatic rings. The lowest BCUT2D eigenvalue weighted by Crippen LogP contribution is -2.43. The Morgan fingerprint density at radius 2 is 1.74 bits per heavy atom. The van der Waals surface area contributed by atoms with Gasteiger partial charge in [-0.25, -0.2) is 0 Å². The monoisotopic (exact) mass is 363 g/mol. The van der Waals surface area contributed by atoms with E-state index in [1.807, 2.05) is 30.3 Å². The Morgan fingerprint density at radius 1 is 1.07 bits per heavy atom. The summed E-state index contributed by atoms with van der Waals surface area (Å²) >= 11 is 0. The predicted octanol–water partition coefficient (Wildman–Crippen LogP) is 2.92. The summed E-state index contributed by atoms with van der Waals surface area (Å²) in [6.07, 6.45) is 3.00. The molecule has 0 atom stereocenters. The average Bonchev–Trinajstić information content (AvgIpc) is 2.69. The van der Waals surface area contributed by atoms with E-state index < -0.39 is 11.8 Å². The van der Waals surface area contributed by atoms with E-state index in [1.54, 1.807) is 30.3 Å². The van der Waals surface area contributed by atoms with E-state index in [9.17, 15) is 9.59 Å². The number of carbonyl (C=O) groups excluding carboxylic acids is 2. The van der Waals surface area contributed by atoms with Crippen LogP contribution < -0.4 is 15.6 Å². The molecule has 138 valence electrons. The zero-order valence-corrected chi connectivity index (χ0v) is 15.2. The van der Waals surface area contributed by atoms with Gasteiger partial charge in [-0.05, 0) is 47.4 Å². The van der Waals surface area contributed by atoms with E-state index in [1.165, 1.54) is 11.6 Å². The lowest BCUT2D eigenvalue weighted by atomic mass is 10.0. The van der Waals surface area contributed by atoms with Crippen LogP contribution in [0.5, 0.6) is 5.75 Å². The van der Waals surface area contributed by atoms with Crippen molar-refractivity contribution in [2.24, 2.45) is 0 Å². The van der Waals surface area contributed by atoms with Crippen molar-refractivity contribution in [3.63, 3.8) is 0 Å².